The highest BCUT2D eigenvalue weighted by molar-refractivity contribution is 6.18. The van der Waals surface area contributed by atoms with Crippen LogP contribution in [0.4, 0.5) is 10.1 Å². The number of hydrogen-bond acceptors (Lipinski definition) is 6. The Morgan fingerprint density at radius 1 is 1.29 bits per heavy atom. The molecule has 2 heterocycles. The minimum Gasteiger partial charge on any atom is -0.466 e. The van der Waals surface area contributed by atoms with Crippen LogP contribution in [0.15, 0.2) is 71.3 Å². The van der Waals surface area contributed by atoms with Gasteiger partial charge in [-0.05, 0) is 30.7 Å². The molecule has 2 aromatic carbocycles. The Labute approximate surface area is 177 Å². The number of rotatable bonds is 3. The number of hydrogen-bond donors (Lipinski definition) is 1. The van der Waals surface area contributed by atoms with Crippen molar-refractivity contribution in [3.05, 3.63) is 88.3 Å². The van der Waals surface area contributed by atoms with Gasteiger partial charge in [-0.3, -0.25) is 4.79 Å². The van der Waals surface area contributed by atoms with Crippen LogP contribution >= 0.6 is 0 Å². The van der Waals surface area contributed by atoms with E-state index in [9.17, 15) is 19.2 Å². The average Bonchev–Trinajstić information content (AvgIpc) is 2.97. The van der Waals surface area contributed by atoms with E-state index in [4.69, 9.17) is 15.2 Å². The summed E-state index contributed by atoms with van der Waals surface area (Å²) in [6.45, 7) is 1.52. The molecule has 2 aromatic rings. The number of carbonyl (C=O) groups is 2. The van der Waals surface area contributed by atoms with Gasteiger partial charge in [0.25, 0.3) is 0 Å². The zero-order chi connectivity index (χ0) is 22.3. The molecule has 0 fully saturated rings. The highest BCUT2D eigenvalue weighted by Crippen LogP contribution is 2.54. The second kappa shape index (κ2) is 7.29. The number of carbonyl (C=O) groups excluding carboxylic acids is 2. The molecule has 0 bridgehead atoms. The largest absolute Gasteiger partial charge is 0.466 e. The molecule has 2 N–H and O–H groups in total. The van der Waals surface area contributed by atoms with Gasteiger partial charge in [0.15, 0.2) is 5.41 Å². The van der Waals surface area contributed by atoms with Gasteiger partial charge >= 0.3 is 5.97 Å². The minimum atomic E-state index is -1.82. The zero-order valence-corrected chi connectivity index (χ0v) is 16.8. The third kappa shape index (κ3) is 2.78. The van der Waals surface area contributed by atoms with Crippen LogP contribution in [0, 0.1) is 17.1 Å². The van der Waals surface area contributed by atoms with Crippen LogP contribution < -0.4 is 10.6 Å². The molecular weight excluding hydrogens is 401 g/mol. The molecule has 0 saturated carbocycles. The fourth-order valence-electron chi connectivity index (χ4n) is 4.29. The van der Waals surface area contributed by atoms with Crippen molar-refractivity contribution < 1.29 is 23.5 Å². The lowest BCUT2D eigenvalue weighted by atomic mass is 9.68. The summed E-state index contributed by atoms with van der Waals surface area (Å²) < 4.78 is 24.1. The van der Waals surface area contributed by atoms with Crippen LogP contribution in [0.25, 0.3) is 0 Å². The van der Waals surface area contributed by atoms with Crippen molar-refractivity contribution in [2.45, 2.75) is 18.9 Å². The SMILES string of the molecule is COC(=O)C1=C(C)OC(N)=C(C#N)C12C(=O)N(Cc1cccc(F)c1)c1ccccc12. The molecule has 2 aliphatic heterocycles. The summed E-state index contributed by atoms with van der Waals surface area (Å²) in [6.07, 6.45) is 0. The second-order valence-electron chi connectivity index (χ2n) is 7.16. The van der Waals surface area contributed by atoms with Gasteiger partial charge in [0.1, 0.15) is 28.8 Å². The first-order valence-electron chi connectivity index (χ1n) is 9.40. The van der Waals surface area contributed by atoms with Crippen LogP contribution in [0.5, 0.6) is 0 Å². The van der Waals surface area contributed by atoms with Gasteiger partial charge in [-0.2, -0.15) is 5.26 Å². The molecule has 2 aliphatic rings. The van der Waals surface area contributed by atoms with Crippen molar-refractivity contribution in [3.63, 3.8) is 0 Å². The van der Waals surface area contributed by atoms with Crippen molar-refractivity contribution in [3.8, 4) is 6.07 Å². The summed E-state index contributed by atoms with van der Waals surface area (Å²) >= 11 is 0. The molecule has 156 valence electrons. The molecule has 8 heteroatoms. The number of anilines is 1. The molecule has 0 aromatic heterocycles. The van der Waals surface area contributed by atoms with Crippen LogP contribution in [0.1, 0.15) is 18.1 Å². The summed E-state index contributed by atoms with van der Waals surface area (Å²) in [5, 5.41) is 9.94. The van der Waals surface area contributed by atoms with Crippen molar-refractivity contribution in [2.75, 3.05) is 12.0 Å². The Bertz CT molecular complexity index is 1230. The highest BCUT2D eigenvalue weighted by atomic mass is 19.1. The molecule has 0 radical (unpaired) electrons. The van der Waals surface area contributed by atoms with E-state index in [0.717, 1.165) is 0 Å². The first-order valence-corrected chi connectivity index (χ1v) is 9.40. The molecule has 4 rings (SSSR count). The maximum atomic E-state index is 14.0. The van der Waals surface area contributed by atoms with Gasteiger partial charge in [0, 0.05) is 11.3 Å². The lowest BCUT2D eigenvalue weighted by molar-refractivity contribution is -0.138. The Balaban J connectivity index is 2.00. The quantitative estimate of drug-likeness (QED) is 0.767. The molecule has 1 amide bonds. The van der Waals surface area contributed by atoms with Crippen LogP contribution in [-0.4, -0.2) is 19.0 Å². The summed E-state index contributed by atoms with van der Waals surface area (Å²) in [5.41, 5.74) is 5.30. The fraction of sp³-hybridized carbons (Fsp3) is 0.174. The van der Waals surface area contributed by atoms with E-state index in [1.807, 2.05) is 6.07 Å². The lowest BCUT2D eigenvalue weighted by Gasteiger charge is -2.34. The summed E-state index contributed by atoms with van der Waals surface area (Å²) in [6, 6.07) is 14.6. The number of fused-ring (bicyclic) bond motifs is 2. The summed E-state index contributed by atoms with van der Waals surface area (Å²) in [7, 11) is 1.18. The number of esters is 1. The molecule has 1 unspecified atom stereocenters. The monoisotopic (exact) mass is 419 g/mol. The van der Waals surface area contributed by atoms with Gasteiger partial charge in [0.05, 0.1) is 13.7 Å². The number of nitrogens with two attached hydrogens (primary N) is 1. The topological polar surface area (TPSA) is 106 Å². The second-order valence-corrected chi connectivity index (χ2v) is 7.16. The average molecular weight is 419 g/mol. The molecule has 7 nitrogen and oxygen atoms in total. The Morgan fingerprint density at radius 3 is 2.71 bits per heavy atom. The number of benzene rings is 2. The van der Waals surface area contributed by atoms with E-state index in [1.54, 1.807) is 36.4 Å². The number of methoxy groups -OCH3 is 1. The van der Waals surface area contributed by atoms with E-state index in [1.165, 1.54) is 31.1 Å². The predicted octanol–water partition coefficient (Wildman–Crippen LogP) is 2.78. The van der Waals surface area contributed by atoms with Gasteiger partial charge in [-0.25, -0.2) is 9.18 Å². The third-order valence-electron chi connectivity index (χ3n) is 5.51. The lowest BCUT2D eigenvalue weighted by Crippen LogP contribution is -2.48. The van der Waals surface area contributed by atoms with E-state index in [-0.39, 0.29) is 29.3 Å². The predicted molar refractivity (Wildman–Crippen MR) is 108 cm³/mol. The van der Waals surface area contributed by atoms with E-state index < -0.39 is 23.1 Å². The number of amides is 1. The Morgan fingerprint density at radius 2 is 2.03 bits per heavy atom. The van der Waals surface area contributed by atoms with Crippen molar-refractivity contribution >= 4 is 17.6 Å². The number of para-hydroxylation sites is 1. The standard InChI is InChI=1S/C23H18FN3O4/c1-13-19(21(28)30-2)23(17(11-25)20(26)31-13)16-8-3-4-9-18(16)27(22(23)29)12-14-6-5-7-15(24)10-14/h3-10H,12,26H2,1-2H3. The van der Waals surface area contributed by atoms with Crippen LogP contribution in [-0.2, 0) is 31.0 Å². The van der Waals surface area contributed by atoms with Crippen molar-refractivity contribution in [1.29, 1.82) is 5.26 Å². The molecule has 0 saturated heterocycles. The summed E-state index contributed by atoms with van der Waals surface area (Å²) in [5.74, 6) is -2.01. The van der Waals surface area contributed by atoms with Gasteiger partial charge < -0.3 is 20.1 Å². The molecular formula is C23H18FN3O4. The maximum Gasteiger partial charge on any atom is 0.339 e. The summed E-state index contributed by atoms with van der Waals surface area (Å²) in [4.78, 5) is 28.2. The maximum absolute atomic E-state index is 14.0. The van der Waals surface area contributed by atoms with E-state index in [2.05, 4.69) is 0 Å². The van der Waals surface area contributed by atoms with Gasteiger partial charge in [-0.15, -0.1) is 0 Å². The smallest absolute Gasteiger partial charge is 0.339 e. The molecule has 0 aliphatic carbocycles. The number of nitrogens with zero attached hydrogens (tertiary/aromatic N) is 2. The number of nitriles is 1. The van der Waals surface area contributed by atoms with Crippen molar-refractivity contribution in [2.24, 2.45) is 5.73 Å². The van der Waals surface area contributed by atoms with Crippen LogP contribution in [0.3, 0.4) is 0 Å². The fourth-order valence-corrected chi connectivity index (χ4v) is 4.29. The Kier molecular flexibility index (Phi) is 4.74. The molecule has 31 heavy (non-hydrogen) atoms. The molecule has 1 spiro atoms. The minimum absolute atomic E-state index is 0.0301. The number of halogens is 1. The van der Waals surface area contributed by atoms with E-state index in [0.29, 0.717) is 16.8 Å². The van der Waals surface area contributed by atoms with Gasteiger partial charge in [-0.1, -0.05) is 30.3 Å². The third-order valence-corrected chi connectivity index (χ3v) is 5.51. The van der Waals surface area contributed by atoms with Gasteiger partial charge in [0.2, 0.25) is 11.8 Å². The van der Waals surface area contributed by atoms with E-state index >= 15 is 0 Å². The van der Waals surface area contributed by atoms with Crippen molar-refractivity contribution in [1.82, 2.24) is 0 Å². The zero-order valence-electron chi connectivity index (χ0n) is 16.8. The first-order chi connectivity index (χ1) is 14.9. The molecule has 1 atom stereocenters. The number of ether oxygens (including phenoxy) is 2. The highest BCUT2D eigenvalue weighted by Gasteiger charge is 2.62. The number of allylic oxidation sites excluding steroid dienone is 1. The first kappa shape index (κ1) is 20.2. The van der Waals surface area contributed by atoms with Crippen LogP contribution in [0.2, 0.25) is 0 Å². The Hall–Kier alpha value is -4.12. The normalized spacial score (nSPS) is 19.9.